The number of rotatable bonds is 3. The van der Waals surface area contributed by atoms with Crippen LogP contribution in [0.2, 0.25) is 0 Å². The van der Waals surface area contributed by atoms with Crippen LogP contribution in [0, 0.1) is 4.77 Å². The Kier molecular flexibility index (Phi) is 5.05. The first-order valence-corrected chi connectivity index (χ1v) is 11.1. The fraction of sp³-hybridized carbons (Fsp3) is 0.304. The zero-order chi connectivity index (χ0) is 22.4. The molecular weight excluding hydrogens is 426 g/mol. The molecule has 3 heterocycles. The minimum Gasteiger partial charge on any atom is -0.338 e. The van der Waals surface area contributed by atoms with Gasteiger partial charge in [0.1, 0.15) is 0 Å². The van der Waals surface area contributed by atoms with Crippen LogP contribution in [0.4, 0.5) is 0 Å². The van der Waals surface area contributed by atoms with Crippen LogP contribution in [0.1, 0.15) is 36.2 Å². The smallest absolute Gasteiger partial charge is 0.326 e. The Hall–Kier alpha value is -3.46. The molecule has 5 rings (SSSR count). The van der Waals surface area contributed by atoms with E-state index in [2.05, 4.69) is 9.97 Å². The number of imidazole rings is 1. The zero-order valence-electron chi connectivity index (χ0n) is 17.6. The predicted octanol–water partition coefficient (Wildman–Crippen LogP) is 3.20. The number of nitrogens with zero attached hydrogens (tertiary/aromatic N) is 3. The molecule has 164 valence electrons. The summed E-state index contributed by atoms with van der Waals surface area (Å²) < 4.78 is 3.65. The highest BCUT2D eigenvalue weighted by atomic mass is 32.1. The summed E-state index contributed by atoms with van der Waals surface area (Å²) in [5, 5.41) is 0.509. The Bertz CT molecular complexity index is 1520. The maximum absolute atomic E-state index is 13.1. The van der Waals surface area contributed by atoms with Crippen molar-refractivity contribution < 1.29 is 4.79 Å². The van der Waals surface area contributed by atoms with Crippen molar-refractivity contribution in [2.45, 2.75) is 32.4 Å². The van der Waals surface area contributed by atoms with Crippen molar-refractivity contribution in [1.29, 1.82) is 0 Å². The first-order chi connectivity index (χ1) is 15.5. The van der Waals surface area contributed by atoms with Gasteiger partial charge in [-0.15, -0.1) is 0 Å². The molecule has 1 fully saturated rings. The van der Waals surface area contributed by atoms with Gasteiger partial charge in [-0.05, 0) is 62.3 Å². The molecule has 32 heavy (non-hydrogen) atoms. The predicted molar refractivity (Wildman–Crippen MR) is 126 cm³/mol. The Balaban J connectivity index is 1.38. The van der Waals surface area contributed by atoms with Crippen molar-refractivity contribution in [3.8, 4) is 0 Å². The Morgan fingerprint density at radius 2 is 1.81 bits per heavy atom. The van der Waals surface area contributed by atoms with Gasteiger partial charge < -0.3 is 14.9 Å². The number of hydrogen-bond acceptors (Lipinski definition) is 4. The lowest BCUT2D eigenvalue weighted by molar-refractivity contribution is 0.0695. The number of carbonyl (C=O) groups is 1. The summed E-state index contributed by atoms with van der Waals surface area (Å²) in [7, 11) is 0. The summed E-state index contributed by atoms with van der Waals surface area (Å²) in [5.41, 5.74) is 2.53. The number of piperidine rings is 1. The Morgan fingerprint density at radius 1 is 1.06 bits per heavy atom. The average Bonchev–Trinajstić information content (AvgIpc) is 3.14. The normalized spacial score (nSPS) is 15.0. The number of fused-ring (bicyclic) bond motifs is 2. The molecule has 1 saturated heterocycles. The van der Waals surface area contributed by atoms with Crippen molar-refractivity contribution >= 4 is 40.1 Å². The summed E-state index contributed by atoms with van der Waals surface area (Å²) in [4.78, 5) is 46.0. The number of H-pyrrole nitrogens is 2. The number of amides is 1. The summed E-state index contributed by atoms with van der Waals surface area (Å²) >= 11 is 5.28. The van der Waals surface area contributed by atoms with Crippen LogP contribution in [0.3, 0.4) is 0 Å². The second kappa shape index (κ2) is 7.90. The lowest BCUT2D eigenvalue weighted by atomic mass is 10.0. The molecule has 0 aliphatic carbocycles. The largest absolute Gasteiger partial charge is 0.338 e. The standard InChI is InChI=1S/C23H23N5O3S/c1-2-27-21(30)16-8-7-14(13-18(16)25-23(27)32)20(29)26-11-9-15(10-12-26)28-19-6-4-3-5-17(19)24-22(28)31/h3-8,13,15H,2,9-12H2,1H3,(H,24,31)(H,25,32). The monoisotopic (exact) mass is 449 g/mol. The molecule has 2 N–H and O–H groups in total. The summed E-state index contributed by atoms with van der Waals surface area (Å²) in [6.45, 7) is 3.46. The molecule has 0 radical (unpaired) electrons. The number of carbonyl (C=O) groups excluding carboxylic acids is 1. The fourth-order valence-electron chi connectivity index (χ4n) is 4.62. The number of benzene rings is 2. The van der Waals surface area contributed by atoms with Gasteiger partial charge in [-0.3, -0.25) is 18.7 Å². The highest BCUT2D eigenvalue weighted by Crippen LogP contribution is 2.26. The molecule has 2 aromatic heterocycles. The molecule has 2 aromatic carbocycles. The van der Waals surface area contributed by atoms with Crippen molar-refractivity contribution in [1.82, 2.24) is 24.0 Å². The van der Waals surface area contributed by atoms with Gasteiger partial charge in [0, 0.05) is 31.2 Å². The van der Waals surface area contributed by atoms with E-state index in [-0.39, 0.29) is 23.2 Å². The van der Waals surface area contributed by atoms with Gasteiger partial charge in [0.15, 0.2) is 4.77 Å². The van der Waals surface area contributed by atoms with Crippen molar-refractivity contribution in [2.24, 2.45) is 0 Å². The van der Waals surface area contributed by atoms with Gasteiger partial charge in [-0.1, -0.05) is 12.1 Å². The van der Waals surface area contributed by atoms with E-state index in [0.29, 0.717) is 53.7 Å². The molecule has 0 spiro atoms. The van der Waals surface area contributed by atoms with E-state index >= 15 is 0 Å². The lowest BCUT2D eigenvalue weighted by Gasteiger charge is -2.32. The molecule has 1 aliphatic heterocycles. The van der Waals surface area contributed by atoms with Gasteiger partial charge in [0.2, 0.25) is 0 Å². The summed E-state index contributed by atoms with van der Waals surface area (Å²) in [6, 6.07) is 12.8. The quantitative estimate of drug-likeness (QED) is 0.470. The third kappa shape index (κ3) is 3.29. The highest BCUT2D eigenvalue weighted by molar-refractivity contribution is 7.71. The van der Waals surface area contributed by atoms with Crippen molar-refractivity contribution in [3.63, 3.8) is 0 Å². The van der Waals surface area contributed by atoms with E-state index in [1.807, 2.05) is 35.8 Å². The van der Waals surface area contributed by atoms with Crippen LogP contribution in [0.25, 0.3) is 21.9 Å². The number of aromatic amines is 2. The van der Waals surface area contributed by atoms with Crippen LogP contribution >= 0.6 is 12.2 Å². The molecule has 0 atom stereocenters. The molecular formula is C23H23N5O3S. The number of hydrogen-bond donors (Lipinski definition) is 2. The summed E-state index contributed by atoms with van der Waals surface area (Å²) in [5.74, 6) is -0.0874. The maximum Gasteiger partial charge on any atom is 0.326 e. The zero-order valence-corrected chi connectivity index (χ0v) is 18.4. The lowest BCUT2D eigenvalue weighted by Crippen LogP contribution is -2.40. The fourth-order valence-corrected chi connectivity index (χ4v) is 4.94. The second-order valence-corrected chi connectivity index (χ2v) is 8.47. The molecule has 8 nitrogen and oxygen atoms in total. The molecule has 0 unspecified atom stereocenters. The number of para-hydroxylation sites is 2. The number of nitrogens with one attached hydrogen (secondary N) is 2. The second-order valence-electron chi connectivity index (χ2n) is 8.08. The molecule has 9 heteroatoms. The van der Waals surface area contributed by atoms with E-state index in [1.54, 1.807) is 23.1 Å². The van der Waals surface area contributed by atoms with Crippen LogP contribution in [-0.2, 0) is 6.54 Å². The van der Waals surface area contributed by atoms with E-state index in [1.165, 1.54) is 4.57 Å². The SMILES string of the molecule is CCn1c(=S)[nH]c2cc(C(=O)N3CCC(n4c(=O)[nH]c5ccccc54)CC3)ccc2c1=O. The van der Waals surface area contributed by atoms with E-state index in [9.17, 15) is 14.4 Å². The first kappa shape index (κ1) is 20.4. The van der Waals surface area contributed by atoms with Crippen molar-refractivity contribution in [3.05, 3.63) is 73.6 Å². The van der Waals surface area contributed by atoms with Gasteiger partial charge in [0.05, 0.1) is 21.9 Å². The molecule has 0 saturated carbocycles. The molecule has 0 bridgehead atoms. The van der Waals surface area contributed by atoms with Crippen molar-refractivity contribution in [2.75, 3.05) is 13.1 Å². The van der Waals surface area contributed by atoms with E-state index in [0.717, 1.165) is 11.0 Å². The van der Waals surface area contributed by atoms with Gasteiger partial charge >= 0.3 is 5.69 Å². The van der Waals surface area contributed by atoms with Gasteiger partial charge in [-0.2, -0.15) is 0 Å². The van der Waals surface area contributed by atoms with Crippen LogP contribution in [-0.4, -0.2) is 43.0 Å². The summed E-state index contributed by atoms with van der Waals surface area (Å²) in [6.07, 6.45) is 1.40. The van der Waals surface area contributed by atoms with Crippen LogP contribution in [0.5, 0.6) is 0 Å². The van der Waals surface area contributed by atoms with Gasteiger partial charge in [0.25, 0.3) is 11.5 Å². The molecule has 1 amide bonds. The van der Waals surface area contributed by atoms with Crippen LogP contribution < -0.4 is 11.2 Å². The van der Waals surface area contributed by atoms with Crippen LogP contribution in [0.15, 0.2) is 52.1 Å². The number of aromatic nitrogens is 4. The highest BCUT2D eigenvalue weighted by Gasteiger charge is 2.27. The third-order valence-electron chi connectivity index (χ3n) is 6.29. The maximum atomic E-state index is 13.1. The average molecular weight is 450 g/mol. The molecule has 1 aliphatic rings. The van der Waals surface area contributed by atoms with E-state index < -0.39 is 0 Å². The first-order valence-electron chi connectivity index (χ1n) is 10.7. The Labute approximate surface area is 188 Å². The minimum absolute atomic E-state index is 0.0444. The third-order valence-corrected chi connectivity index (χ3v) is 6.61. The topological polar surface area (TPSA) is 95.9 Å². The number of likely N-dealkylation sites (tertiary alicyclic amines) is 1. The van der Waals surface area contributed by atoms with E-state index in [4.69, 9.17) is 12.2 Å². The minimum atomic E-state index is -0.157. The Morgan fingerprint density at radius 3 is 2.56 bits per heavy atom. The van der Waals surface area contributed by atoms with Gasteiger partial charge in [-0.25, -0.2) is 4.79 Å². The molecule has 4 aromatic rings.